The lowest BCUT2D eigenvalue weighted by Gasteiger charge is -2.20. The fourth-order valence-electron chi connectivity index (χ4n) is 1.49. The van der Waals surface area contributed by atoms with Crippen molar-refractivity contribution in [2.75, 3.05) is 19.3 Å². The number of hydrogen-bond acceptors (Lipinski definition) is 2. The van der Waals surface area contributed by atoms with Gasteiger partial charge < -0.3 is 11.1 Å². The van der Waals surface area contributed by atoms with Gasteiger partial charge in [0.15, 0.2) is 0 Å². The van der Waals surface area contributed by atoms with Crippen LogP contribution in [0.15, 0.2) is 24.3 Å². The van der Waals surface area contributed by atoms with Crippen molar-refractivity contribution in [2.24, 2.45) is 0 Å². The summed E-state index contributed by atoms with van der Waals surface area (Å²) in [5, 5.41) is 3.07. The number of nitrogens with two attached hydrogens (primary N) is 1. The molecule has 0 aliphatic rings. The van der Waals surface area contributed by atoms with Crippen LogP contribution < -0.4 is 11.1 Å². The molecule has 0 radical (unpaired) electrons. The summed E-state index contributed by atoms with van der Waals surface area (Å²) >= 11 is 0. The minimum atomic E-state index is 0.166. The molecule has 1 aromatic rings. The second kappa shape index (κ2) is 5.17. The van der Waals surface area contributed by atoms with Crippen molar-refractivity contribution in [1.29, 1.82) is 0 Å². The Kier molecular flexibility index (Phi) is 4.13. The third-order valence-corrected chi connectivity index (χ3v) is 2.57. The molecule has 0 aromatic heterocycles. The summed E-state index contributed by atoms with van der Waals surface area (Å²) in [5.41, 5.74) is 9.35. The first-order valence-corrected chi connectivity index (χ1v) is 5.66. The van der Waals surface area contributed by atoms with E-state index in [0.717, 1.165) is 17.8 Å². The van der Waals surface area contributed by atoms with Crippen LogP contribution in [0.4, 0.5) is 5.69 Å². The van der Waals surface area contributed by atoms with E-state index in [1.807, 2.05) is 13.1 Å². The van der Waals surface area contributed by atoms with E-state index in [2.05, 4.69) is 50.4 Å². The van der Waals surface area contributed by atoms with E-state index in [-0.39, 0.29) is 5.41 Å². The Bertz CT molecular complexity index is 373. The van der Waals surface area contributed by atoms with Crippen molar-refractivity contribution in [3.8, 4) is 0 Å². The molecule has 1 aromatic carbocycles. The molecule has 0 fully saturated rings. The number of likely N-dealkylation sites (N-methyl/N-ethyl adjacent to an activating group) is 1. The normalized spacial score (nSPS) is 12.2. The Morgan fingerprint density at radius 2 is 2.00 bits per heavy atom. The van der Waals surface area contributed by atoms with Gasteiger partial charge in [-0.05, 0) is 35.7 Å². The quantitative estimate of drug-likeness (QED) is 0.766. The fourth-order valence-corrected chi connectivity index (χ4v) is 1.49. The highest BCUT2D eigenvalue weighted by molar-refractivity contribution is 5.65. The highest BCUT2D eigenvalue weighted by atomic mass is 14.8. The van der Waals surface area contributed by atoms with Crippen molar-refractivity contribution in [2.45, 2.75) is 26.2 Å². The Morgan fingerprint density at radius 3 is 2.56 bits per heavy atom. The van der Waals surface area contributed by atoms with E-state index in [4.69, 9.17) is 5.73 Å². The summed E-state index contributed by atoms with van der Waals surface area (Å²) in [6, 6.07) is 6.26. The van der Waals surface area contributed by atoms with Crippen LogP contribution >= 0.6 is 0 Å². The maximum Gasteiger partial charge on any atom is 0.0387 e. The van der Waals surface area contributed by atoms with Crippen LogP contribution in [0.3, 0.4) is 0 Å². The molecule has 2 nitrogen and oxygen atoms in total. The molecule has 0 spiro atoms. The zero-order valence-electron chi connectivity index (χ0n) is 10.7. The van der Waals surface area contributed by atoms with Gasteiger partial charge in [-0.15, -0.1) is 0 Å². The topological polar surface area (TPSA) is 38.0 Å². The average Bonchev–Trinajstić information content (AvgIpc) is 2.19. The summed E-state index contributed by atoms with van der Waals surface area (Å²) in [6.45, 7) is 7.48. The van der Waals surface area contributed by atoms with Crippen molar-refractivity contribution in [3.05, 3.63) is 35.4 Å². The molecular weight excluding hydrogens is 196 g/mol. The van der Waals surface area contributed by atoms with Gasteiger partial charge in [0.05, 0.1) is 0 Å². The van der Waals surface area contributed by atoms with E-state index in [1.165, 1.54) is 5.56 Å². The number of benzene rings is 1. The smallest absolute Gasteiger partial charge is 0.0387 e. The molecule has 88 valence electrons. The summed E-state index contributed by atoms with van der Waals surface area (Å²) in [5.74, 6) is 0. The number of nitrogen functional groups attached to an aromatic ring is 1. The van der Waals surface area contributed by atoms with Crippen LogP contribution in [0.25, 0.3) is 6.08 Å². The van der Waals surface area contributed by atoms with Crippen LogP contribution in [-0.4, -0.2) is 13.6 Å². The van der Waals surface area contributed by atoms with Crippen molar-refractivity contribution in [3.63, 3.8) is 0 Å². The Labute approximate surface area is 98.6 Å². The molecular formula is C14H22N2. The minimum Gasteiger partial charge on any atom is -0.398 e. The molecule has 1 rings (SSSR count). The lowest BCUT2D eigenvalue weighted by atomic mass is 9.86. The van der Waals surface area contributed by atoms with Crippen molar-refractivity contribution >= 4 is 11.8 Å². The van der Waals surface area contributed by atoms with Gasteiger partial charge in [0.25, 0.3) is 0 Å². The van der Waals surface area contributed by atoms with Crippen molar-refractivity contribution < 1.29 is 0 Å². The molecule has 0 saturated carbocycles. The van der Waals surface area contributed by atoms with Gasteiger partial charge >= 0.3 is 0 Å². The van der Waals surface area contributed by atoms with Gasteiger partial charge in [-0.1, -0.05) is 39.0 Å². The molecule has 0 aliphatic heterocycles. The molecule has 0 saturated heterocycles. The lowest BCUT2D eigenvalue weighted by molar-refractivity contribution is 0.590. The van der Waals surface area contributed by atoms with Crippen LogP contribution in [0, 0.1) is 0 Å². The van der Waals surface area contributed by atoms with Crippen LogP contribution in [0.1, 0.15) is 31.9 Å². The summed E-state index contributed by atoms with van der Waals surface area (Å²) < 4.78 is 0. The zero-order chi connectivity index (χ0) is 12.2. The zero-order valence-corrected chi connectivity index (χ0v) is 10.7. The number of hydrogen-bond donors (Lipinski definition) is 2. The second-order valence-electron chi connectivity index (χ2n) is 5.05. The molecule has 0 heterocycles. The van der Waals surface area contributed by atoms with E-state index in [0.29, 0.717) is 0 Å². The fraction of sp³-hybridized carbons (Fsp3) is 0.429. The first kappa shape index (κ1) is 12.8. The second-order valence-corrected chi connectivity index (χ2v) is 5.05. The number of nitrogens with one attached hydrogen (secondary N) is 1. The largest absolute Gasteiger partial charge is 0.398 e. The first-order valence-electron chi connectivity index (χ1n) is 5.66. The standard InChI is InChI=1S/C14H22N2/c1-14(2,3)12-7-8-13(15)11(10-12)6-5-9-16-4/h5-8,10,16H,9,15H2,1-4H3. The monoisotopic (exact) mass is 218 g/mol. The Balaban J connectivity index is 3.00. The van der Waals surface area contributed by atoms with Gasteiger partial charge in [-0.3, -0.25) is 0 Å². The molecule has 0 amide bonds. The van der Waals surface area contributed by atoms with Gasteiger partial charge in [0.1, 0.15) is 0 Å². The summed E-state index contributed by atoms with van der Waals surface area (Å²) in [6.07, 6.45) is 4.15. The van der Waals surface area contributed by atoms with Gasteiger partial charge in [0, 0.05) is 12.2 Å². The minimum absolute atomic E-state index is 0.166. The maximum absolute atomic E-state index is 5.94. The lowest BCUT2D eigenvalue weighted by Crippen LogP contribution is -2.11. The van der Waals surface area contributed by atoms with Crippen LogP contribution in [0.5, 0.6) is 0 Å². The van der Waals surface area contributed by atoms with Gasteiger partial charge in [-0.25, -0.2) is 0 Å². The predicted octanol–water partition coefficient (Wildman–Crippen LogP) is 2.80. The molecule has 0 unspecified atom stereocenters. The molecule has 0 bridgehead atoms. The molecule has 0 atom stereocenters. The predicted molar refractivity (Wildman–Crippen MR) is 72.5 cm³/mol. The third kappa shape index (κ3) is 3.38. The molecule has 2 heteroatoms. The van der Waals surface area contributed by atoms with E-state index >= 15 is 0 Å². The molecule has 16 heavy (non-hydrogen) atoms. The highest BCUT2D eigenvalue weighted by Crippen LogP contribution is 2.26. The van der Waals surface area contributed by atoms with Crippen LogP contribution in [0.2, 0.25) is 0 Å². The van der Waals surface area contributed by atoms with Gasteiger partial charge in [0.2, 0.25) is 0 Å². The number of anilines is 1. The Morgan fingerprint density at radius 1 is 1.31 bits per heavy atom. The van der Waals surface area contributed by atoms with E-state index in [1.54, 1.807) is 0 Å². The third-order valence-electron chi connectivity index (χ3n) is 2.57. The summed E-state index contributed by atoms with van der Waals surface area (Å²) in [7, 11) is 1.93. The summed E-state index contributed by atoms with van der Waals surface area (Å²) in [4.78, 5) is 0. The Hall–Kier alpha value is -1.28. The number of rotatable bonds is 3. The highest BCUT2D eigenvalue weighted by Gasteiger charge is 2.13. The van der Waals surface area contributed by atoms with Gasteiger partial charge in [-0.2, -0.15) is 0 Å². The maximum atomic E-state index is 5.94. The van der Waals surface area contributed by atoms with Crippen molar-refractivity contribution in [1.82, 2.24) is 5.32 Å². The van der Waals surface area contributed by atoms with Crippen LogP contribution in [-0.2, 0) is 5.41 Å². The average molecular weight is 218 g/mol. The van der Waals surface area contributed by atoms with E-state index < -0.39 is 0 Å². The first-order chi connectivity index (χ1) is 7.45. The SMILES string of the molecule is CNCC=Cc1cc(C(C)(C)C)ccc1N. The molecule has 3 N–H and O–H groups in total. The molecule has 0 aliphatic carbocycles. The van der Waals surface area contributed by atoms with E-state index in [9.17, 15) is 0 Å².